The van der Waals surface area contributed by atoms with Crippen LogP contribution in [0.25, 0.3) is 22.3 Å². The van der Waals surface area contributed by atoms with Gasteiger partial charge in [0.2, 0.25) is 5.95 Å². The van der Waals surface area contributed by atoms with Crippen LogP contribution in [-0.2, 0) is 11.3 Å². The van der Waals surface area contributed by atoms with Gasteiger partial charge in [0.25, 0.3) is 0 Å². The van der Waals surface area contributed by atoms with Crippen molar-refractivity contribution in [2.75, 3.05) is 76.2 Å². The van der Waals surface area contributed by atoms with E-state index in [9.17, 15) is 0 Å². The molecule has 4 aromatic rings. The van der Waals surface area contributed by atoms with Crippen molar-refractivity contribution in [3.05, 3.63) is 66.2 Å². The number of aromatic nitrogens is 4. The molecular formula is C28H34N8O. The van der Waals surface area contributed by atoms with Crippen molar-refractivity contribution in [3.63, 3.8) is 0 Å². The van der Waals surface area contributed by atoms with E-state index < -0.39 is 0 Å². The number of piperazine rings is 1. The molecule has 37 heavy (non-hydrogen) atoms. The molecule has 192 valence electrons. The number of morpholine rings is 1. The highest BCUT2D eigenvalue weighted by atomic mass is 16.5. The number of nitrogen functional groups attached to an aromatic ring is 1. The number of nitrogens with zero attached hydrogens (tertiary/aromatic N) is 7. The second-order valence-electron chi connectivity index (χ2n) is 9.75. The average molecular weight is 499 g/mol. The fourth-order valence-electron chi connectivity index (χ4n) is 5.15. The highest BCUT2D eigenvalue weighted by Gasteiger charge is 2.24. The first-order valence-electron chi connectivity index (χ1n) is 13.2. The smallest absolute Gasteiger partial charge is 0.228 e. The molecule has 2 aromatic heterocycles. The van der Waals surface area contributed by atoms with Crippen LogP contribution < -0.4 is 10.6 Å². The lowest BCUT2D eigenvalue weighted by molar-refractivity contribution is 0.0331. The van der Waals surface area contributed by atoms with E-state index >= 15 is 0 Å². The molecule has 0 amide bonds. The summed E-state index contributed by atoms with van der Waals surface area (Å²) in [4.78, 5) is 17.3. The summed E-state index contributed by atoms with van der Waals surface area (Å²) in [5.74, 6) is 1.32. The minimum absolute atomic E-state index is 0.592. The third-order valence-corrected chi connectivity index (χ3v) is 7.34. The second-order valence-corrected chi connectivity index (χ2v) is 9.75. The van der Waals surface area contributed by atoms with Crippen LogP contribution in [-0.4, -0.2) is 95.1 Å². The Hall–Kier alpha value is -3.53. The van der Waals surface area contributed by atoms with Gasteiger partial charge in [0.1, 0.15) is 5.82 Å². The van der Waals surface area contributed by atoms with Gasteiger partial charge in [-0.15, -0.1) is 5.10 Å². The van der Waals surface area contributed by atoms with Gasteiger partial charge in [-0.2, -0.15) is 4.98 Å². The summed E-state index contributed by atoms with van der Waals surface area (Å²) in [6.45, 7) is 10.3. The molecule has 0 saturated carbocycles. The van der Waals surface area contributed by atoms with Gasteiger partial charge in [-0.3, -0.25) is 9.80 Å². The molecule has 6 rings (SSSR count). The van der Waals surface area contributed by atoms with Crippen LogP contribution in [0, 0.1) is 0 Å². The van der Waals surface area contributed by atoms with E-state index in [1.54, 1.807) is 0 Å². The Bertz CT molecular complexity index is 1310. The molecule has 9 heteroatoms. The number of benzene rings is 2. The van der Waals surface area contributed by atoms with Crippen molar-refractivity contribution in [3.8, 4) is 11.3 Å². The number of rotatable bonds is 7. The summed E-state index contributed by atoms with van der Waals surface area (Å²) >= 11 is 0. The Balaban J connectivity index is 1.25. The largest absolute Gasteiger partial charge is 0.383 e. The normalized spacial score (nSPS) is 17.5. The molecule has 2 aliphatic rings. The zero-order valence-electron chi connectivity index (χ0n) is 21.2. The molecular weight excluding hydrogens is 464 g/mol. The molecule has 0 bridgehead atoms. The molecule has 0 spiro atoms. The quantitative estimate of drug-likeness (QED) is 0.416. The van der Waals surface area contributed by atoms with Crippen LogP contribution in [0.1, 0.15) is 5.56 Å². The van der Waals surface area contributed by atoms with Gasteiger partial charge in [-0.25, -0.2) is 9.67 Å². The predicted molar refractivity (Wildman–Crippen MR) is 147 cm³/mol. The zero-order chi connectivity index (χ0) is 25.0. The first-order valence-corrected chi connectivity index (χ1v) is 13.2. The predicted octanol–water partition coefficient (Wildman–Crippen LogP) is 2.58. The van der Waals surface area contributed by atoms with E-state index in [2.05, 4.69) is 39.0 Å². The number of anilines is 2. The van der Waals surface area contributed by atoms with E-state index in [4.69, 9.17) is 25.5 Å². The van der Waals surface area contributed by atoms with Gasteiger partial charge < -0.3 is 15.4 Å². The van der Waals surface area contributed by atoms with Crippen LogP contribution in [0.5, 0.6) is 0 Å². The Morgan fingerprint density at radius 2 is 1.41 bits per heavy atom. The Morgan fingerprint density at radius 3 is 2.11 bits per heavy atom. The summed E-state index contributed by atoms with van der Waals surface area (Å²) in [6.07, 6.45) is 0. The molecule has 0 radical (unpaired) electrons. The van der Waals surface area contributed by atoms with Gasteiger partial charge in [0, 0.05) is 57.9 Å². The Labute approximate surface area is 217 Å². The number of fused-ring (bicyclic) bond motifs is 1. The molecule has 4 heterocycles. The molecule has 0 atom stereocenters. The molecule has 9 nitrogen and oxygen atoms in total. The third kappa shape index (κ3) is 5.29. The lowest BCUT2D eigenvalue weighted by Gasteiger charge is -2.36. The van der Waals surface area contributed by atoms with Crippen LogP contribution in [0.15, 0.2) is 60.7 Å². The molecule has 2 aromatic carbocycles. The van der Waals surface area contributed by atoms with Crippen molar-refractivity contribution in [1.29, 1.82) is 0 Å². The standard InChI is InChI=1S/C28H34N8O/c29-26-24-25(23-9-5-2-6-10-23)30-28(31-27(24)32-36(26)21-22-7-3-1-4-8-22)35-15-13-33(14-16-35)11-12-34-17-19-37-20-18-34/h1-10H,11-21,29H2. The average Bonchev–Trinajstić information content (AvgIpc) is 3.28. The zero-order valence-corrected chi connectivity index (χ0v) is 21.2. The highest BCUT2D eigenvalue weighted by molar-refractivity contribution is 5.99. The summed E-state index contributed by atoms with van der Waals surface area (Å²) in [6, 6.07) is 20.5. The maximum atomic E-state index is 6.65. The van der Waals surface area contributed by atoms with E-state index in [1.165, 1.54) is 0 Å². The van der Waals surface area contributed by atoms with Gasteiger partial charge in [-0.05, 0) is 5.56 Å². The first-order chi connectivity index (χ1) is 18.2. The molecule has 2 fully saturated rings. The maximum Gasteiger partial charge on any atom is 0.228 e. The highest BCUT2D eigenvalue weighted by Crippen LogP contribution is 2.32. The lowest BCUT2D eigenvalue weighted by atomic mass is 10.1. The van der Waals surface area contributed by atoms with Gasteiger partial charge in [0.15, 0.2) is 5.65 Å². The topological polar surface area (TPSA) is 88.6 Å². The summed E-state index contributed by atoms with van der Waals surface area (Å²) < 4.78 is 7.32. The third-order valence-electron chi connectivity index (χ3n) is 7.34. The maximum absolute atomic E-state index is 6.65. The van der Waals surface area contributed by atoms with Crippen LogP contribution in [0.2, 0.25) is 0 Å². The molecule has 2 aliphatic heterocycles. The van der Waals surface area contributed by atoms with E-state index in [1.807, 2.05) is 41.1 Å². The fourth-order valence-corrected chi connectivity index (χ4v) is 5.15. The SMILES string of the molecule is Nc1c2c(-c3ccccc3)nc(N3CCN(CCN4CCOCC4)CC3)nc2nn1Cc1ccccc1. The number of ether oxygens (including phenoxy) is 1. The Morgan fingerprint density at radius 1 is 0.757 bits per heavy atom. The van der Waals surface area contributed by atoms with Crippen LogP contribution in [0.3, 0.4) is 0 Å². The first kappa shape index (κ1) is 23.8. The van der Waals surface area contributed by atoms with Crippen molar-refractivity contribution in [1.82, 2.24) is 29.5 Å². The van der Waals surface area contributed by atoms with E-state index in [-0.39, 0.29) is 0 Å². The summed E-state index contributed by atoms with van der Waals surface area (Å²) in [5, 5.41) is 5.65. The van der Waals surface area contributed by atoms with E-state index in [0.717, 1.165) is 93.7 Å². The van der Waals surface area contributed by atoms with Crippen molar-refractivity contribution < 1.29 is 4.74 Å². The number of hydrogen-bond donors (Lipinski definition) is 1. The monoisotopic (exact) mass is 498 g/mol. The number of hydrogen-bond acceptors (Lipinski definition) is 8. The van der Waals surface area contributed by atoms with Crippen LogP contribution >= 0.6 is 0 Å². The van der Waals surface area contributed by atoms with E-state index in [0.29, 0.717) is 18.0 Å². The molecule has 0 aliphatic carbocycles. The molecule has 2 saturated heterocycles. The van der Waals surface area contributed by atoms with Gasteiger partial charge >= 0.3 is 0 Å². The van der Waals surface area contributed by atoms with Crippen molar-refractivity contribution >= 4 is 22.8 Å². The summed E-state index contributed by atoms with van der Waals surface area (Å²) in [5.41, 5.74) is 10.3. The van der Waals surface area contributed by atoms with Crippen molar-refractivity contribution in [2.24, 2.45) is 0 Å². The Kier molecular flexibility index (Phi) is 6.98. The van der Waals surface area contributed by atoms with Gasteiger partial charge in [0.05, 0.1) is 30.8 Å². The molecule has 0 unspecified atom stereocenters. The molecule has 2 N–H and O–H groups in total. The second kappa shape index (κ2) is 10.8. The lowest BCUT2D eigenvalue weighted by Crippen LogP contribution is -2.49. The van der Waals surface area contributed by atoms with Gasteiger partial charge in [-0.1, -0.05) is 60.7 Å². The summed E-state index contributed by atoms with van der Waals surface area (Å²) in [7, 11) is 0. The number of nitrogens with two attached hydrogens (primary N) is 1. The minimum atomic E-state index is 0.592. The van der Waals surface area contributed by atoms with Crippen LogP contribution in [0.4, 0.5) is 11.8 Å². The minimum Gasteiger partial charge on any atom is -0.383 e. The fraction of sp³-hybridized carbons (Fsp3) is 0.393. The van der Waals surface area contributed by atoms with Crippen molar-refractivity contribution in [2.45, 2.75) is 6.54 Å².